The van der Waals surface area contributed by atoms with Crippen molar-refractivity contribution in [3.05, 3.63) is 22.4 Å². The monoisotopic (exact) mass is 410 g/mol. The van der Waals surface area contributed by atoms with E-state index in [0.29, 0.717) is 32.7 Å². The Kier molecular flexibility index (Phi) is 8.12. The minimum absolute atomic E-state index is 0.0729. The lowest BCUT2D eigenvalue weighted by Gasteiger charge is -2.36. The van der Waals surface area contributed by atoms with Crippen LogP contribution in [-0.2, 0) is 4.74 Å². The zero-order valence-electron chi connectivity index (χ0n) is 17.7. The Morgan fingerprint density at radius 1 is 1.18 bits per heavy atom. The fraction of sp³-hybridized carbons (Fsp3) is 0.700. The first kappa shape index (κ1) is 22.5. The topological polar surface area (TPSA) is 65.1 Å². The van der Waals surface area contributed by atoms with E-state index in [9.17, 15) is 9.59 Å². The summed E-state index contributed by atoms with van der Waals surface area (Å²) in [7, 11) is 0. The molecule has 1 saturated heterocycles. The number of ether oxygens (including phenoxy) is 1. The van der Waals surface area contributed by atoms with E-state index >= 15 is 0 Å². The average molecular weight is 411 g/mol. The number of nitrogens with zero attached hydrogens (tertiary/aromatic N) is 3. The van der Waals surface area contributed by atoms with E-state index in [4.69, 9.17) is 4.74 Å². The molecule has 1 aliphatic heterocycles. The standard InChI is InChI=1S/C20H34N4O3S/c1-6-22(7-2)17(16-8-13-28-15-16)14-21-18(25)23-9-11-24(12-10-23)19(26)27-20(3,4)5/h8,13,15,17H,6-7,9-12,14H2,1-5H3,(H,21,25). The van der Waals surface area contributed by atoms with Gasteiger partial charge in [-0.3, -0.25) is 4.90 Å². The Hall–Kier alpha value is -1.80. The van der Waals surface area contributed by atoms with Gasteiger partial charge >= 0.3 is 12.1 Å². The average Bonchev–Trinajstić information content (AvgIpc) is 3.18. The molecule has 2 rings (SSSR count). The maximum absolute atomic E-state index is 12.6. The summed E-state index contributed by atoms with van der Waals surface area (Å²) in [6.07, 6.45) is -0.313. The molecule has 0 spiro atoms. The van der Waals surface area contributed by atoms with Crippen molar-refractivity contribution in [1.82, 2.24) is 20.0 Å². The van der Waals surface area contributed by atoms with Gasteiger partial charge in [0.25, 0.3) is 0 Å². The SMILES string of the molecule is CCN(CC)C(CNC(=O)N1CCN(C(=O)OC(C)(C)C)CC1)c1ccsc1. The van der Waals surface area contributed by atoms with Gasteiger partial charge in [-0.15, -0.1) is 0 Å². The van der Waals surface area contributed by atoms with Crippen molar-refractivity contribution >= 4 is 23.5 Å². The van der Waals surface area contributed by atoms with Crippen LogP contribution in [0.4, 0.5) is 9.59 Å². The Morgan fingerprint density at radius 3 is 2.29 bits per heavy atom. The highest BCUT2D eigenvalue weighted by Crippen LogP contribution is 2.22. The van der Waals surface area contributed by atoms with Crippen molar-refractivity contribution in [2.24, 2.45) is 0 Å². The molecule has 0 aromatic carbocycles. The number of rotatable bonds is 6. The lowest BCUT2D eigenvalue weighted by Crippen LogP contribution is -2.54. The number of nitrogens with one attached hydrogen (secondary N) is 1. The fourth-order valence-electron chi connectivity index (χ4n) is 3.30. The first-order valence-corrected chi connectivity index (χ1v) is 11.0. The number of carbonyl (C=O) groups excluding carboxylic acids is 2. The van der Waals surface area contributed by atoms with Crippen molar-refractivity contribution in [2.75, 3.05) is 45.8 Å². The summed E-state index contributed by atoms with van der Waals surface area (Å²) in [5.74, 6) is 0. The van der Waals surface area contributed by atoms with Gasteiger partial charge in [0, 0.05) is 32.7 Å². The molecule has 1 atom stereocenters. The number of likely N-dealkylation sites (N-methyl/N-ethyl adjacent to an activating group) is 1. The summed E-state index contributed by atoms with van der Waals surface area (Å²) in [6, 6.07) is 2.23. The molecule has 1 unspecified atom stereocenters. The molecule has 3 amide bonds. The lowest BCUT2D eigenvalue weighted by atomic mass is 10.1. The second-order valence-corrected chi connectivity index (χ2v) is 8.71. The van der Waals surface area contributed by atoms with Gasteiger partial charge < -0.3 is 19.9 Å². The Bertz CT molecular complexity index is 618. The summed E-state index contributed by atoms with van der Waals surface area (Å²) < 4.78 is 5.41. The number of hydrogen-bond donors (Lipinski definition) is 1. The number of urea groups is 1. The maximum atomic E-state index is 12.6. The van der Waals surface area contributed by atoms with Crippen LogP contribution in [0.25, 0.3) is 0 Å². The van der Waals surface area contributed by atoms with Gasteiger partial charge in [0.15, 0.2) is 0 Å². The van der Waals surface area contributed by atoms with Crippen LogP contribution < -0.4 is 5.32 Å². The van der Waals surface area contributed by atoms with Gasteiger partial charge in [-0.1, -0.05) is 13.8 Å². The number of carbonyl (C=O) groups is 2. The number of piperazine rings is 1. The second-order valence-electron chi connectivity index (χ2n) is 7.93. The van der Waals surface area contributed by atoms with Crippen molar-refractivity contribution < 1.29 is 14.3 Å². The summed E-state index contributed by atoms with van der Waals surface area (Å²) in [5.41, 5.74) is 0.732. The highest BCUT2D eigenvalue weighted by atomic mass is 32.1. The Labute approximate surface area is 172 Å². The minimum Gasteiger partial charge on any atom is -0.444 e. The van der Waals surface area contributed by atoms with E-state index in [-0.39, 0.29) is 18.2 Å². The molecule has 0 radical (unpaired) electrons. The zero-order valence-corrected chi connectivity index (χ0v) is 18.6. The molecule has 28 heavy (non-hydrogen) atoms. The van der Waals surface area contributed by atoms with Gasteiger partial charge in [0.2, 0.25) is 0 Å². The van der Waals surface area contributed by atoms with Crippen molar-refractivity contribution in [3.8, 4) is 0 Å². The van der Waals surface area contributed by atoms with E-state index in [1.165, 1.54) is 5.56 Å². The Morgan fingerprint density at radius 2 is 1.79 bits per heavy atom. The third kappa shape index (κ3) is 6.38. The van der Waals surface area contributed by atoms with Crippen LogP contribution in [-0.4, -0.2) is 78.2 Å². The van der Waals surface area contributed by atoms with Gasteiger partial charge in [-0.2, -0.15) is 11.3 Å². The molecule has 1 aromatic heterocycles. The molecular weight excluding hydrogens is 376 g/mol. The predicted octanol–water partition coefficient (Wildman–Crippen LogP) is 3.39. The summed E-state index contributed by atoms with van der Waals surface area (Å²) in [6.45, 7) is 14.3. The van der Waals surface area contributed by atoms with Crippen LogP contribution in [0, 0.1) is 0 Å². The molecule has 0 aliphatic carbocycles. The maximum Gasteiger partial charge on any atom is 0.410 e. The fourth-order valence-corrected chi connectivity index (χ4v) is 4.01. The first-order valence-electron chi connectivity index (χ1n) is 10.0. The van der Waals surface area contributed by atoms with Crippen LogP contribution in [0.1, 0.15) is 46.2 Å². The quantitative estimate of drug-likeness (QED) is 0.781. The molecule has 1 fully saturated rings. The highest BCUT2D eigenvalue weighted by Gasteiger charge is 2.28. The molecule has 1 N–H and O–H groups in total. The Balaban J connectivity index is 1.85. The molecule has 1 aromatic rings. The third-order valence-electron chi connectivity index (χ3n) is 4.85. The van der Waals surface area contributed by atoms with E-state index in [2.05, 4.69) is 40.9 Å². The number of thiophene rings is 1. The number of hydrogen-bond acceptors (Lipinski definition) is 5. The summed E-state index contributed by atoms with van der Waals surface area (Å²) in [4.78, 5) is 30.6. The predicted molar refractivity (Wildman–Crippen MR) is 113 cm³/mol. The highest BCUT2D eigenvalue weighted by molar-refractivity contribution is 7.07. The van der Waals surface area contributed by atoms with Gasteiger partial charge in [0.1, 0.15) is 5.60 Å². The van der Waals surface area contributed by atoms with Crippen LogP contribution in [0.3, 0.4) is 0 Å². The summed E-state index contributed by atoms with van der Waals surface area (Å²) >= 11 is 1.68. The van der Waals surface area contributed by atoms with Gasteiger partial charge in [-0.25, -0.2) is 9.59 Å². The third-order valence-corrected chi connectivity index (χ3v) is 5.55. The molecule has 0 bridgehead atoms. The molecule has 2 heterocycles. The largest absolute Gasteiger partial charge is 0.444 e. The summed E-state index contributed by atoms with van der Waals surface area (Å²) in [5, 5.41) is 7.31. The molecule has 7 nitrogen and oxygen atoms in total. The van der Waals surface area contributed by atoms with E-state index in [1.54, 1.807) is 21.1 Å². The van der Waals surface area contributed by atoms with Crippen LogP contribution in [0.15, 0.2) is 16.8 Å². The second kappa shape index (κ2) is 10.1. The van der Waals surface area contributed by atoms with Crippen molar-refractivity contribution in [2.45, 2.75) is 46.3 Å². The van der Waals surface area contributed by atoms with Crippen LogP contribution >= 0.6 is 11.3 Å². The number of amides is 3. The minimum atomic E-state index is -0.507. The van der Waals surface area contributed by atoms with E-state index in [1.807, 2.05) is 20.8 Å². The van der Waals surface area contributed by atoms with E-state index in [0.717, 1.165) is 13.1 Å². The van der Waals surface area contributed by atoms with Gasteiger partial charge in [0.05, 0.1) is 6.04 Å². The molecule has 1 aliphatic rings. The van der Waals surface area contributed by atoms with Crippen molar-refractivity contribution in [3.63, 3.8) is 0 Å². The zero-order chi connectivity index (χ0) is 20.7. The molecule has 0 saturated carbocycles. The first-order chi connectivity index (χ1) is 13.2. The molecule has 158 valence electrons. The van der Waals surface area contributed by atoms with Gasteiger partial charge in [-0.05, 0) is 56.3 Å². The van der Waals surface area contributed by atoms with Crippen molar-refractivity contribution in [1.29, 1.82) is 0 Å². The smallest absolute Gasteiger partial charge is 0.410 e. The molecule has 8 heteroatoms. The van der Waals surface area contributed by atoms with Crippen LogP contribution in [0.2, 0.25) is 0 Å². The van der Waals surface area contributed by atoms with E-state index < -0.39 is 5.60 Å². The lowest BCUT2D eigenvalue weighted by molar-refractivity contribution is 0.0169. The van der Waals surface area contributed by atoms with Crippen LogP contribution in [0.5, 0.6) is 0 Å². The normalized spacial score (nSPS) is 16.2. The molecular formula is C20H34N4O3S.